The first kappa shape index (κ1) is 14.7. The van der Waals surface area contributed by atoms with Gasteiger partial charge in [0.2, 0.25) is 0 Å². The Labute approximate surface area is 116 Å². The zero-order chi connectivity index (χ0) is 14.6. The monoisotopic (exact) mass is 283 g/mol. The largest absolute Gasteiger partial charge is 0.409 e. The van der Waals surface area contributed by atoms with E-state index in [1.165, 1.54) is 6.07 Å². The Hall–Kier alpha value is -1.70. The van der Waals surface area contributed by atoms with Gasteiger partial charge in [0.1, 0.15) is 11.4 Å². The van der Waals surface area contributed by atoms with Gasteiger partial charge in [-0.15, -0.1) is 0 Å². The molecule has 1 aromatic rings. The third-order valence-electron chi connectivity index (χ3n) is 3.31. The summed E-state index contributed by atoms with van der Waals surface area (Å²) in [6.07, 6.45) is 0.574. The van der Waals surface area contributed by atoms with Crippen LogP contribution >= 0.6 is 0 Å². The number of nitrogens with zero attached hydrogens (tertiary/aromatic N) is 1. The SMILES string of the molecule is N/C(=N/O)c1ccc(CNCC2(O)CCOC2)c(F)c1. The molecule has 0 aromatic heterocycles. The Morgan fingerprint density at radius 1 is 1.55 bits per heavy atom. The third-order valence-corrected chi connectivity index (χ3v) is 3.31. The average molecular weight is 283 g/mol. The number of amidine groups is 1. The second-order valence-corrected chi connectivity index (χ2v) is 4.92. The molecule has 1 aliphatic heterocycles. The van der Waals surface area contributed by atoms with Crippen LogP contribution in [0.2, 0.25) is 0 Å². The number of hydrogen-bond donors (Lipinski definition) is 4. The van der Waals surface area contributed by atoms with Gasteiger partial charge in [0.15, 0.2) is 5.84 Å². The maximum Gasteiger partial charge on any atom is 0.170 e. The molecular formula is C13H18FN3O3. The van der Waals surface area contributed by atoms with E-state index in [1.54, 1.807) is 12.1 Å². The number of rotatable bonds is 5. The van der Waals surface area contributed by atoms with Gasteiger partial charge in [-0.1, -0.05) is 17.3 Å². The molecule has 1 aromatic carbocycles. The molecule has 0 bridgehead atoms. The van der Waals surface area contributed by atoms with Crippen LogP contribution in [0.4, 0.5) is 4.39 Å². The van der Waals surface area contributed by atoms with E-state index in [0.717, 1.165) is 0 Å². The highest BCUT2D eigenvalue weighted by atomic mass is 19.1. The second kappa shape index (κ2) is 6.17. The predicted molar refractivity (Wildman–Crippen MR) is 71.0 cm³/mol. The van der Waals surface area contributed by atoms with E-state index >= 15 is 0 Å². The Bertz CT molecular complexity index is 502. The normalized spacial score (nSPS) is 23.2. The molecule has 1 heterocycles. The number of hydrogen-bond acceptors (Lipinski definition) is 5. The average Bonchev–Trinajstić information content (AvgIpc) is 2.86. The van der Waals surface area contributed by atoms with Gasteiger partial charge < -0.3 is 26.1 Å². The standard InChI is InChI=1S/C13H18FN3O3/c14-11-5-9(12(15)17-19)1-2-10(11)6-16-7-13(18)3-4-20-8-13/h1-2,5,16,18-19H,3-4,6-8H2,(H2,15,17). The van der Waals surface area contributed by atoms with Gasteiger partial charge in [0, 0.05) is 37.2 Å². The molecule has 2 rings (SSSR count). The topological polar surface area (TPSA) is 100 Å². The van der Waals surface area contributed by atoms with Crippen molar-refractivity contribution < 1.29 is 19.4 Å². The minimum Gasteiger partial charge on any atom is -0.409 e. The summed E-state index contributed by atoms with van der Waals surface area (Å²) < 4.78 is 18.9. The van der Waals surface area contributed by atoms with E-state index in [-0.39, 0.29) is 12.4 Å². The smallest absolute Gasteiger partial charge is 0.170 e. The number of nitrogens with two attached hydrogens (primary N) is 1. The summed E-state index contributed by atoms with van der Waals surface area (Å²) in [6.45, 7) is 1.46. The molecule has 6 nitrogen and oxygen atoms in total. The van der Waals surface area contributed by atoms with Crippen molar-refractivity contribution in [2.75, 3.05) is 19.8 Å². The Morgan fingerprint density at radius 2 is 2.35 bits per heavy atom. The lowest BCUT2D eigenvalue weighted by atomic mass is 10.0. The molecule has 1 fully saturated rings. The van der Waals surface area contributed by atoms with Crippen LogP contribution in [0.3, 0.4) is 0 Å². The molecule has 7 heteroatoms. The van der Waals surface area contributed by atoms with E-state index in [1.807, 2.05) is 0 Å². The van der Waals surface area contributed by atoms with Crippen LogP contribution in [0, 0.1) is 5.82 Å². The maximum atomic E-state index is 13.8. The lowest BCUT2D eigenvalue weighted by molar-refractivity contribution is 0.0268. The van der Waals surface area contributed by atoms with Crippen molar-refractivity contribution in [3.05, 3.63) is 35.1 Å². The zero-order valence-corrected chi connectivity index (χ0v) is 11.0. The van der Waals surface area contributed by atoms with Gasteiger partial charge in [-0.2, -0.15) is 0 Å². The minimum absolute atomic E-state index is 0.138. The fraction of sp³-hybridized carbons (Fsp3) is 0.462. The van der Waals surface area contributed by atoms with Crippen LogP contribution in [0.1, 0.15) is 17.5 Å². The van der Waals surface area contributed by atoms with Crippen LogP contribution in [-0.4, -0.2) is 41.5 Å². The van der Waals surface area contributed by atoms with Crippen molar-refractivity contribution in [3.8, 4) is 0 Å². The zero-order valence-electron chi connectivity index (χ0n) is 11.0. The number of oxime groups is 1. The summed E-state index contributed by atoms with van der Waals surface area (Å²) in [5.74, 6) is -0.586. The molecule has 1 unspecified atom stereocenters. The van der Waals surface area contributed by atoms with Gasteiger partial charge >= 0.3 is 0 Å². The van der Waals surface area contributed by atoms with Crippen molar-refractivity contribution in [1.29, 1.82) is 0 Å². The van der Waals surface area contributed by atoms with Crippen molar-refractivity contribution in [2.24, 2.45) is 10.9 Å². The van der Waals surface area contributed by atoms with Crippen molar-refractivity contribution >= 4 is 5.84 Å². The quantitative estimate of drug-likeness (QED) is 0.267. The van der Waals surface area contributed by atoms with Crippen molar-refractivity contribution in [3.63, 3.8) is 0 Å². The number of aliphatic hydroxyl groups is 1. The maximum absolute atomic E-state index is 13.8. The molecule has 1 saturated heterocycles. The fourth-order valence-electron chi connectivity index (χ4n) is 2.07. The minimum atomic E-state index is -0.871. The van der Waals surface area contributed by atoms with Gasteiger partial charge in [0.25, 0.3) is 0 Å². The van der Waals surface area contributed by atoms with Crippen molar-refractivity contribution in [2.45, 2.75) is 18.6 Å². The predicted octanol–water partition coefficient (Wildman–Crippen LogP) is 0.161. The van der Waals surface area contributed by atoms with Crippen LogP contribution in [0.5, 0.6) is 0 Å². The summed E-state index contributed by atoms with van der Waals surface area (Å²) in [4.78, 5) is 0. The third kappa shape index (κ3) is 3.44. The number of ether oxygens (including phenoxy) is 1. The van der Waals surface area contributed by atoms with Gasteiger partial charge in [0.05, 0.1) is 6.61 Å². The summed E-state index contributed by atoms with van der Waals surface area (Å²) in [6, 6.07) is 4.34. The Morgan fingerprint density at radius 3 is 2.95 bits per heavy atom. The van der Waals surface area contributed by atoms with Crippen LogP contribution in [0.25, 0.3) is 0 Å². The number of halogens is 1. The first-order valence-corrected chi connectivity index (χ1v) is 6.31. The van der Waals surface area contributed by atoms with Crippen molar-refractivity contribution in [1.82, 2.24) is 5.32 Å². The van der Waals surface area contributed by atoms with E-state index in [4.69, 9.17) is 15.7 Å². The van der Waals surface area contributed by atoms with Crippen LogP contribution in [-0.2, 0) is 11.3 Å². The highest BCUT2D eigenvalue weighted by Crippen LogP contribution is 2.17. The summed E-state index contributed by atoms with van der Waals surface area (Å²) in [5.41, 5.74) is 5.28. The van der Waals surface area contributed by atoms with E-state index in [9.17, 15) is 9.50 Å². The first-order valence-electron chi connectivity index (χ1n) is 6.31. The Kier molecular flexibility index (Phi) is 4.53. The molecule has 1 atom stereocenters. The highest BCUT2D eigenvalue weighted by Gasteiger charge is 2.31. The molecule has 110 valence electrons. The molecule has 0 saturated carbocycles. The fourth-order valence-corrected chi connectivity index (χ4v) is 2.07. The molecular weight excluding hydrogens is 265 g/mol. The number of nitrogens with one attached hydrogen (secondary N) is 1. The molecule has 0 spiro atoms. The molecule has 5 N–H and O–H groups in total. The molecule has 0 radical (unpaired) electrons. The van der Waals surface area contributed by atoms with Gasteiger partial charge in [-0.25, -0.2) is 4.39 Å². The summed E-state index contributed by atoms with van der Waals surface area (Å²) in [5, 5.41) is 24.4. The van der Waals surface area contributed by atoms with Gasteiger partial charge in [-0.05, 0) is 6.07 Å². The molecule has 20 heavy (non-hydrogen) atoms. The van der Waals surface area contributed by atoms with E-state index < -0.39 is 11.4 Å². The lowest BCUT2D eigenvalue weighted by Crippen LogP contribution is -2.40. The van der Waals surface area contributed by atoms with Crippen LogP contribution in [0.15, 0.2) is 23.4 Å². The summed E-state index contributed by atoms with van der Waals surface area (Å²) >= 11 is 0. The van der Waals surface area contributed by atoms with E-state index in [0.29, 0.717) is 37.3 Å². The molecule has 0 amide bonds. The molecule has 0 aliphatic carbocycles. The lowest BCUT2D eigenvalue weighted by Gasteiger charge is -2.20. The number of benzene rings is 1. The Balaban J connectivity index is 1.93. The van der Waals surface area contributed by atoms with Gasteiger partial charge in [-0.3, -0.25) is 0 Å². The first-order chi connectivity index (χ1) is 9.54. The second-order valence-electron chi connectivity index (χ2n) is 4.92. The summed E-state index contributed by atoms with van der Waals surface area (Å²) in [7, 11) is 0. The van der Waals surface area contributed by atoms with E-state index in [2.05, 4.69) is 10.5 Å². The molecule has 1 aliphatic rings. The highest BCUT2D eigenvalue weighted by molar-refractivity contribution is 5.97. The van der Waals surface area contributed by atoms with Crippen LogP contribution < -0.4 is 11.1 Å².